The first-order valence-corrected chi connectivity index (χ1v) is 11.8. The number of amides is 1. The van der Waals surface area contributed by atoms with Crippen molar-refractivity contribution in [3.63, 3.8) is 0 Å². The largest absolute Gasteiger partial charge is 0.354 e. The van der Waals surface area contributed by atoms with Crippen LogP contribution >= 0.6 is 0 Å². The second-order valence-electron chi connectivity index (χ2n) is 8.85. The summed E-state index contributed by atoms with van der Waals surface area (Å²) >= 11 is 0. The van der Waals surface area contributed by atoms with Gasteiger partial charge in [-0.25, -0.2) is 0 Å². The normalized spacial score (nSPS) is 14.0. The number of pyridine rings is 1. The van der Waals surface area contributed by atoms with Crippen LogP contribution in [0.2, 0.25) is 0 Å². The molecule has 7 heteroatoms. The van der Waals surface area contributed by atoms with Gasteiger partial charge < -0.3 is 19.9 Å². The van der Waals surface area contributed by atoms with E-state index in [4.69, 9.17) is 5.10 Å². The number of nitrogens with zero attached hydrogens (tertiary/aromatic N) is 3. The zero-order valence-corrected chi connectivity index (χ0v) is 19.4. The number of aromatic nitrogens is 2. The molecule has 0 radical (unpaired) electrons. The van der Waals surface area contributed by atoms with Crippen molar-refractivity contribution in [2.24, 2.45) is 12.1 Å². The van der Waals surface area contributed by atoms with Crippen LogP contribution in [0, 0.1) is 0 Å². The topological polar surface area (TPSA) is 82.5 Å². The Morgan fingerprint density at radius 3 is 2.51 bits per heavy atom. The monoisotopic (exact) mass is 463 g/mol. The number of fused-ring (bicyclic) bond motifs is 6. The van der Waals surface area contributed by atoms with Crippen molar-refractivity contribution in [1.82, 2.24) is 15.0 Å². The number of rotatable bonds is 6. The van der Waals surface area contributed by atoms with Gasteiger partial charge in [0, 0.05) is 36.4 Å². The molecule has 0 fully saturated rings. The van der Waals surface area contributed by atoms with E-state index in [1.807, 2.05) is 37.4 Å². The summed E-state index contributed by atoms with van der Waals surface area (Å²) in [5.74, 6) is -0.853. The van der Waals surface area contributed by atoms with Crippen LogP contribution in [0.25, 0.3) is 32.7 Å². The number of unbranched alkanes of at least 4 members (excludes halogenated alkanes) is 1. The fraction of sp³-hybridized carbons (Fsp3) is 0.179. The van der Waals surface area contributed by atoms with Gasteiger partial charge in [0.05, 0.1) is 27.7 Å². The lowest BCUT2D eigenvalue weighted by atomic mass is 10.1. The smallest absolute Gasteiger partial charge is 0.299 e. The van der Waals surface area contributed by atoms with E-state index in [1.54, 1.807) is 17.0 Å². The highest BCUT2D eigenvalue weighted by molar-refractivity contribution is 6.52. The highest BCUT2D eigenvalue weighted by Crippen LogP contribution is 2.29. The van der Waals surface area contributed by atoms with Gasteiger partial charge >= 0.3 is 0 Å². The van der Waals surface area contributed by atoms with E-state index in [0.29, 0.717) is 24.3 Å². The number of hydrogen-bond donors (Lipinski definition) is 2. The minimum atomic E-state index is -0.436. The lowest BCUT2D eigenvalue weighted by Gasteiger charge is -2.16. The van der Waals surface area contributed by atoms with Crippen molar-refractivity contribution >= 4 is 50.1 Å². The zero-order chi connectivity index (χ0) is 23.9. The van der Waals surface area contributed by atoms with Crippen LogP contribution in [0.5, 0.6) is 0 Å². The Balaban J connectivity index is 1.24. The third-order valence-electron chi connectivity index (χ3n) is 6.77. The second-order valence-corrected chi connectivity index (χ2v) is 8.85. The Kier molecular flexibility index (Phi) is 5.10. The fourth-order valence-corrected chi connectivity index (χ4v) is 5.04. The summed E-state index contributed by atoms with van der Waals surface area (Å²) in [4.78, 5) is 29.7. The third kappa shape index (κ3) is 3.39. The van der Waals surface area contributed by atoms with E-state index in [9.17, 15) is 9.59 Å². The molecule has 0 aliphatic carbocycles. The molecule has 0 bridgehead atoms. The quantitative estimate of drug-likeness (QED) is 0.225. The van der Waals surface area contributed by atoms with Crippen LogP contribution in [-0.2, 0) is 11.8 Å². The van der Waals surface area contributed by atoms with E-state index >= 15 is 0 Å². The summed E-state index contributed by atoms with van der Waals surface area (Å²) in [5.41, 5.74) is 8.58. The van der Waals surface area contributed by atoms with Gasteiger partial charge in [0.2, 0.25) is 0 Å². The highest BCUT2D eigenvalue weighted by Gasteiger charge is 2.34. The second kappa shape index (κ2) is 8.43. The number of carbonyl (C=O) groups excluding carboxylic acids is 2. The summed E-state index contributed by atoms with van der Waals surface area (Å²) in [6.45, 7) is 1.17. The number of carbonyl (C=O) groups is 2. The first-order chi connectivity index (χ1) is 17.1. The van der Waals surface area contributed by atoms with Gasteiger partial charge in [-0.2, -0.15) is 5.10 Å². The Labute approximate surface area is 201 Å². The van der Waals surface area contributed by atoms with Crippen molar-refractivity contribution in [2.75, 3.05) is 18.0 Å². The molecule has 3 aromatic carbocycles. The Bertz CT molecular complexity index is 1690. The molecule has 174 valence electrons. The first-order valence-electron chi connectivity index (χ1n) is 11.8. The molecule has 1 amide bonds. The van der Waals surface area contributed by atoms with Crippen molar-refractivity contribution in [1.29, 1.82) is 0 Å². The van der Waals surface area contributed by atoms with Gasteiger partial charge in [-0.3, -0.25) is 9.59 Å². The Hall–Kier alpha value is -4.39. The van der Waals surface area contributed by atoms with E-state index in [1.165, 1.54) is 0 Å². The minimum absolute atomic E-state index is 0.416. The number of anilines is 1. The SMILES string of the molecule is Cn1/c(=N\NCCCCN2C(=O)C(=O)c3ccccc32)c2c3ccccc3[nH]c2c2ccccc21. The molecule has 5 aromatic rings. The molecule has 0 unspecified atom stereocenters. The number of Topliss-reactive ketones (excluding diaryl/α,β-unsaturated/α-hetero) is 1. The van der Waals surface area contributed by atoms with Crippen LogP contribution in [0.3, 0.4) is 0 Å². The Morgan fingerprint density at radius 1 is 0.886 bits per heavy atom. The van der Waals surface area contributed by atoms with Gasteiger partial charge in [0.15, 0.2) is 5.49 Å². The van der Waals surface area contributed by atoms with Crippen molar-refractivity contribution in [3.8, 4) is 0 Å². The molecule has 0 saturated carbocycles. The molecule has 0 saturated heterocycles. The molecule has 3 heterocycles. The van der Waals surface area contributed by atoms with Crippen LogP contribution < -0.4 is 15.8 Å². The maximum atomic E-state index is 12.4. The van der Waals surface area contributed by atoms with Crippen LogP contribution in [0.4, 0.5) is 5.69 Å². The lowest BCUT2D eigenvalue weighted by molar-refractivity contribution is -0.114. The molecule has 1 aliphatic heterocycles. The molecule has 0 spiro atoms. The molecule has 0 atom stereocenters. The maximum Gasteiger partial charge on any atom is 0.299 e. The number of aromatic amines is 1. The number of nitrogens with one attached hydrogen (secondary N) is 2. The first kappa shape index (κ1) is 21.2. The summed E-state index contributed by atoms with van der Waals surface area (Å²) in [7, 11) is 2.04. The number of H-pyrrole nitrogens is 1. The standard InChI is InChI=1S/C28H25N5O2/c1-32-22-14-6-3-11-19(22)25-24(18-10-2-5-13-21(18)30-25)27(32)31-29-16-8-9-17-33-23-15-7-4-12-20(23)26(34)28(33)35/h2-7,10-15,29-30H,8-9,16-17H2,1H3/b31-27-. The number of benzene rings is 3. The number of para-hydroxylation sites is 3. The average molecular weight is 464 g/mol. The number of aryl methyl sites for hydroxylation is 1. The number of ketones is 1. The van der Waals surface area contributed by atoms with Crippen LogP contribution in [0.1, 0.15) is 23.2 Å². The van der Waals surface area contributed by atoms with Crippen molar-refractivity contribution in [2.45, 2.75) is 12.8 Å². The van der Waals surface area contributed by atoms with Crippen LogP contribution in [0.15, 0.2) is 77.9 Å². The van der Waals surface area contributed by atoms with Crippen molar-refractivity contribution in [3.05, 3.63) is 83.8 Å². The highest BCUT2D eigenvalue weighted by atomic mass is 16.2. The van der Waals surface area contributed by atoms with E-state index in [0.717, 1.165) is 51.0 Å². The molecule has 2 N–H and O–H groups in total. The van der Waals surface area contributed by atoms with Crippen molar-refractivity contribution < 1.29 is 9.59 Å². The van der Waals surface area contributed by atoms with Gasteiger partial charge in [-0.1, -0.05) is 48.5 Å². The third-order valence-corrected chi connectivity index (χ3v) is 6.77. The lowest BCUT2D eigenvalue weighted by Crippen LogP contribution is -2.31. The molecular formula is C28H25N5O2. The number of hydrogen-bond acceptors (Lipinski definition) is 4. The summed E-state index contributed by atoms with van der Waals surface area (Å²) in [5, 5.41) is 8.18. The van der Waals surface area contributed by atoms with E-state index in [2.05, 4.69) is 45.3 Å². The molecular weight excluding hydrogens is 438 g/mol. The minimum Gasteiger partial charge on any atom is -0.354 e. The van der Waals surface area contributed by atoms with Gasteiger partial charge in [-0.05, 0) is 37.1 Å². The molecule has 35 heavy (non-hydrogen) atoms. The summed E-state index contributed by atoms with van der Waals surface area (Å²) < 4.78 is 2.12. The predicted octanol–water partition coefficient (Wildman–Crippen LogP) is 4.23. The molecule has 2 aromatic heterocycles. The average Bonchev–Trinajstić information content (AvgIpc) is 3.39. The van der Waals surface area contributed by atoms with E-state index < -0.39 is 11.7 Å². The predicted molar refractivity (Wildman–Crippen MR) is 138 cm³/mol. The zero-order valence-electron chi connectivity index (χ0n) is 19.4. The Morgan fingerprint density at radius 2 is 1.63 bits per heavy atom. The fourth-order valence-electron chi connectivity index (χ4n) is 5.04. The molecule has 6 rings (SSSR count). The maximum absolute atomic E-state index is 12.4. The molecule has 7 nitrogen and oxygen atoms in total. The van der Waals surface area contributed by atoms with Gasteiger partial charge in [0.25, 0.3) is 11.7 Å². The van der Waals surface area contributed by atoms with Gasteiger partial charge in [-0.15, -0.1) is 0 Å². The van der Waals surface area contributed by atoms with Crippen LogP contribution in [-0.4, -0.2) is 34.3 Å². The van der Waals surface area contributed by atoms with Gasteiger partial charge in [0.1, 0.15) is 0 Å². The summed E-state index contributed by atoms with van der Waals surface area (Å²) in [6, 6.07) is 23.8. The molecule has 1 aliphatic rings. The van der Waals surface area contributed by atoms with E-state index in [-0.39, 0.29) is 0 Å². The summed E-state index contributed by atoms with van der Waals surface area (Å²) in [6.07, 6.45) is 1.58.